The number of para-hydroxylation sites is 1. The third-order valence-corrected chi connectivity index (χ3v) is 5.38. The van der Waals surface area contributed by atoms with Crippen LogP contribution in [0.5, 0.6) is 5.75 Å². The second kappa shape index (κ2) is 6.61. The fourth-order valence-corrected chi connectivity index (χ4v) is 3.70. The quantitative estimate of drug-likeness (QED) is 0.709. The topological polar surface area (TPSA) is 29.8 Å². The molecular weight excluding hydrogens is 322 g/mol. The van der Waals surface area contributed by atoms with Crippen molar-refractivity contribution >= 4 is 28.2 Å². The summed E-state index contributed by atoms with van der Waals surface area (Å²) in [6, 6.07) is 7.98. The Morgan fingerprint density at radius 1 is 1.21 bits per heavy atom. The Hall–Kier alpha value is -1.78. The molecule has 1 saturated heterocycles. The van der Waals surface area contributed by atoms with Crippen LogP contribution >= 0.6 is 11.6 Å². The molecule has 0 bridgehead atoms. The third-order valence-electron chi connectivity index (χ3n) is 5.06. The highest BCUT2D eigenvalue weighted by molar-refractivity contribution is 6.34. The molecule has 1 aromatic carbocycles. The van der Waals surface area contributed by atoms with E-state index >= 15 is 0 Å². The van der Waals surface area contributed by atoms with Gasteiger partial charge >= 0.3 is 0 Å². The van der Waals surface area contributed by atoms with Crippen LogP contribution in [0, 0.1) is 5.92 Å². The van der Waals surface area contributed by atoms with Gasteiger partial charge in [-0.15, -0.1) is 0 Å². The molecule has 0 atom stereocenters. The molecule has 0 unspecified atom stereocenters. The zero-order valence-corrected chi connectivity index (χ0v) is 14.7. The Labute approximate surface area is 147 Å². The molecule has 3 heterocycles. The van der Waals surface area contributed by atoms with E-state index in [0.717, 1.165) is 40.5 Å². The van der Waals surface area contributed by atoms with Gasteiger partial charge < -0.3 is 14.0 Å². The average Bonchev–Trinajstić information content (AvgIpc) is 3.02. The lowest BCUT2D eigenvalue weighted by Gasteiger charge is -2.30. The summed E-state index contributed by atoms with van der Waals surface area (Å²) < 4.78 is 8.22. The summed E-state index contributed by atoms with van der Waals surface area (Å²) in [5.41, 5.74) is 2.84. The largest absolute Gasteiger partial charge is 0.491 e. The second-order valence-electron chi connectivity index (χ2n) is 6.49. The van der Waals surface area contributed by atoms with Crippen molar-refractivity contribution in [1.82, 2.24) is 14.3 Å². The van der Waals surface area contributed by atoms with E-state index in [1.54, 1.807) is 0 Å². The smallest absolute Gasteiger partial charge is 0.147 e. The van der Waals surface area contributed by atoms with Crippen LogP contribution in [0.3, 0.4) is 0 Å². The molecule has 1 aliphatic rings. The highest BCUT2D eigenvalue weighted by Crippen LogP contribution is 2.28. The number of piperidine rings is 1. The maximum atomic E-state index is 6.20. The lowest BCUT2D eigenvalue weighted by atomic mass is 9.98. The minimum absolute atomic E-state index is 0.632. The maximum Gasteiger partial charge on any atom is 0.147 e. The standard InChI is InChI=1S/C19H22ClN3O/c1-2-22-9-6-14(7-10-22)13-24-18-5-3-4-16-19(18)21-12-17-15(20)8-11-23(16)17/h3-5,8,11-12,14H,2,6-7,9-10,13H2,1H3. The van der Waals surface area contributed by atoms with Crippen molar-refractivity contribution in [2.24, 2.45) is 5.92 Å². The maximum absolute atomic E-state index is 6.20. The molecule has 0 amide bonds. The number of likely N-dealkylation sites (tertiary alicyclic amines) is 1. The number of benzene rings is 1. The van der Waals surface area contributed by atoms with E-state index < -0.39 is 0 Å². The Kier molecular flexibility index (Phi) is 4.33. The molecule has 0 aliphatic carbocycles. The molecule has 1 fully saturated rings. The first-order chi connectivity index (χ1) is 11.8. The minimum Gasteiger partial charge on any atom is -0.491 e. The van der Waals surface area contributed by atoms with E-state index in [1.165, 1.54) is 25.9 Å². The van der Waals surface area contributed by atoms with Gasteiger partial charge in [-0.2, -0.15) is 0 Å². The fraction of sp³-hybridized carbons (Fsp3) is 0.421. The first kappa shape index (κ1) is 15.7. The predicted octanol–water partition coefficient (Wildman–Crippen LogP) is 4.25. The van der Waals surface area contributed by atoms with Crippen molar-refractivity contribution in [3.8, 4) is 5.75 Å². The summed E-state index contributed by atoms with van der Waals surface area (Å²) in [6.45, 7) is 6.51. The van der Waals surface area contributed by atoms with Crippen LogP contribution < -0.4 is 4.74 Å². The third kappa shape index (κ3) is 2.85. The molecule has 4 nitrogen and oxygen atoms in total. The summed E-state index contributed by atoms with van der Waals surface area (Å²) in [7, 11) is 0. The average molecular weight is 344 g/mol. The van der Waals surface area contributed by atoms with Gasteiger partial charge in [-0.3, -0.25) is 0 Å². The van der Waals surface area contributed by atoms with Gasteiger partial charge in [-0.25, -0.2) is 4.98 Å². The number of hydrogen-bond donors (Lipinski definition) is 0. The Morgan fingerprint density at radius 3 is 2.83 bits per heavy atom. The zero-order valence-electron chi connectivity index (χ0n) is 13.9. The van der Waals surface area contributed by atoms with Gasteiger partial charge in [0, 0.05) is 6.20 Å². The molecule has 4 rings (SSSR count). The van der Waals surface area contributed by atoms with Crippen LogP contribution in [0.2, 0.25) is 5.02 Å². The molecule has 0 spiro atoms. The molecule has 0 N–H and O–H groups in total. The zero-order chi connectivity index (χ0) is 16.5. The van der Waals surface area contributed by atoms with Gasteiger partial charge in [0.05, 0.1) is 28.9 Å². The molecule has 24 heavy (non-hydrogen) atoms. The van der Waals surface area contributed by atoms with E-state index in [1.807, 2.05) is 30.6 Å². The monoisotopic (exact) mass is 343 g/mol. The lowest BCUT2D eigenvalue weighted by molar-refractivity contribution is 0.146. The molecule has 2 aromatic heterocycles. The molecule has 0 saturated carbocycles. The summed E-state index contributed by atoms with van der Waals surface area (Å²) in [4.78, 5) is 7.10. The Balaban J connectivity index is 1.55. The minimum atomic E-state index is 0.632. The van der Waals surface area contributed by atoms with Crippen LogP contribution in [-0.4, -0.2) is 40.5 Å². The molecular formula is C19H22ClN3O. The van der Waals surface area contributed by atoms with Gasteiger partial charge in [-0.1, -0.05) is 24.6 Å². The number of aromatic nitrogens is 2. The lowest BCUT2D eigenvalue weighted by Crippen LogP contribution is -2.35. The summed E-state index contributed by atoms with van der Waals surface area (Å²) >= 11 is 6.20. The van der Waals surface area contributed by atoms with Crippen molar-refractivity contribution < 1.29 is 4.74 Å². The van der Waals surface area contributed by atoms with Gasteiger partial charge in [0.1, 0.15) is 11.3 Å². The summed E-state index contributed by atoms with van der Waals surface area (Å²) in [5.74, 6) is 1.49. The van der Waals surface area contributed by atoms with E-state index in [4.69, 9.17) is 16.3 Å². The van der Waals surface area contributed by atoms with E-state index in [0.29, 0.717) is 5.92 Å². The summed E-state index contributed by atoms with van der Waals surface area (Å²) in [6.07, 6.45) is 6.22. The van der Waals surface area contributed by atoms with E-state index in [-0.39, 0.29) is 0 Å². The second-order valence-corrected chi connectivity index (χ2v) is 6.90. The Morgan fingerprint density at radius 2 is 2.04 bits per heavy atom. The number of hydrogen-bond acceptors (Lipinski definition) is 3. The van der Waals surface area contributed by atoms with E-state index in [2.05, 4.69) is 27.3 Å². The van der Waals surface area contributed by atoms with Crippen molar-refractivity contribution in [1.29, 1.82) is 0 Å². The van der Waals surface area contributed by atoms with Crippen LogP contribution in [0.15, 0.2) is 36.7 Å². The highest BCUT2D eigenvalue weighted by atomic mass is 35.5. The van der Waals surface area contributed by atoms with E-state index in [9.17, 15) is 0 Å². The predicted molar refractivity (Wildman–Crippen MR) is 98.0 cm³/mol. The SMILES string of the molecule is CCN1CCC(COc2cccc3c2ncc2c(Cl)ccn23)CC1. The molecule has 3 aromatic rings. The van der Waals surface area contributed by atoms with Crippen molar-refractivity contribution in [3.63, 3.8) is 0 Å². The number of nitrogens with zero attached hydrogens (tertiary/aromatic N) is 3. The van der Waals surface area contributed by atoms with Crippen LogP contribution in [0.25, 0.3) is 16.6 Å². The Bertz CT molecular complexity index is 852. The van der Waals surface area contributed by atoms with Crippen LogP contribution in [0.1, 0.15) is 19.8 Å². The highest BCUT2D eigenvalue weighted by Gasteiger charge is 2.19. The molecule has 126 valence electrons. The van der Waals surface area contributed by atoms with Gasteiger partial charge in [0.15, 0.2) is 0 Å². The van der Waals surface area contributed by atoms with Crippen molar-refractivity contribution in [3.05, 3.63) is 41.7 Å². The normalized spacial score (nSPS) is 16.9. The first-order valence-electron chi connectivity index (χ1n) is 8.65. The molecule has 0 radical (unpaired) electrons. The number of halogens is 1. The van der Waals surface area contributed by atoms with Crippen molar-refractivity contribution in [2.75, 3.05) is 26.2 Å². The van der Waals surface area contributed by atoms with Crippen LogP contribution in [0.4, 0.5) is 0 Å². The van der Waals surface area contributed by atoms with Crippen LogP contribution in [-0.2, 0) is 0 Å². The molecule has 5 heteroatoms. The van der Waals surface area contributed by atoms with Gasteiger partial charge in [-0.05, 0) is 56.6 Å². The fourth-order valence-electron chi connectivity index (χ4n) is 3.51. The van der Waals surface area contributed by atoms with Crippen molar-refractivity contribution in [2.45, 2.75) is 19.8 Å². The number of rotatable bonds is 4. The van der Waals surface area contributed by atoms with Gasteiger partial charge in [0.2, 0.25) is 0 Å². The number of fused-ring (bicyclic) bond motifs is 3. The molecule has 1 aliphatic heterocycles. The first-order valence-corrected chi connectivity index (χ1v) is 9.03. The van der Waals surface area contributed by atoms with Gasteiger partial charge in [0.25, 0.3) is 0 Å². The summed E-state index contributed by atoms with van der Waals surface area (Å²) in [5, 5.41) is 0.721. The number of ether oxygens (including phenoxy) is 1.